The van der Waals surface area contributed by atoms with E-state index in [1.165, 1.54) is 0 Å². The largest absolute Gasteiger partial charge is 0.389 e. The Labute approximate surface area is 70.6 Å². The van der Waals surface area contributed by atoms with Gasteiger partial charge in [-0.25, -0.2) is 4.79 Å². The number of rotatable bonds is 5. The summed E-state index contributed by atoms with van der Waals surface area (Å²) in [5.41, 5.74) is 0. The summed E-state index contributed by atoms with van der Waals surface area (Å²) in [6.45, 7) is 5.16. The van der Waals surface area contributed by atoms with Crippen LogP contribution < -0.4 is 0 Å². The molecular formula is C7H12O3S. The van der Waals surface area contributed by atoms with Crippen molar-refractivity contribution in [3.8, 4) is 0 Å². The molecule has 3 nitrogen and oxygen atoms in total. The Hall–Kier alpha value is -0.480. The molecule has 0 radical (unpaired) electrons. The van der Waals surface area contributed by atoms with Crippen LogP contribution in [0.5, 0.6) is 0 Å². The molecule has 4 heteroatoms. The zero-order valence-electron chi connectivity index (χ0n) is 6.45. The smallest absolute Gasteiger partial charge is 0.346 e. The summed E-state index contributed by atoms with van der Waals surface area (Å²) in [6, 6.07) is 0. The lowest BCUT2D eigenvalue weighted by molar-refractivity contribution is -0.142. The highest BCUT2D eigenvalue weighted by Gasteiger charge is 2.13. The van der Waals surface area contributed by atoms with E-state index in [4.69, 9.17) is 5.11 Å². The van der Waals surface area contributed by atoms with Crippen LogP contribution in [0.4, 0.5) is 0 Å². The maximum absolute atomic E-state index is 10.7. The summed E-state index contributed by atoms with van der Waals surface area (Å²) in [5.74, 6) is -0.0401. The summed E-state index contributed by atoms with van der Waals surface area (Å²) in [5, 5.41) is 8.91. The van der Waals surface area contributed by atoms with E-state index in [9.17, 15) is 4.79 Å². The van der Waals surface area contributed by atoms with E-state index < -0.39 is 12.1 Å². The third kappa shape index (κ3) is 4.86. The Morgan fingerprint density at radius 3 is 3.00 bits per heavy atom. The number of hydrogen-bond acceptors (Lipinski definition) is 4. The van der Waals surface area contributed by atoms with Gasteiger partial charge in [-0.05, 0) is 6.42 Å². The van der Waals surface area contributed by atoms with Gasteiger partial charge in [-0.1, -0.05) is 13.0 Å². The predicted molar refractivity (Wildman–Crippen MR) is 45.0 cm³/mol. The maximum atomic E-state index is 10.7. The van der Waals surface area contributed by atoms with Crippen LogP contribution in [0.2, 0.25) is 0 Å². The van der Waals surface area contributed by atoms with Crippen molar-refractivity contribution in [1.29, 1.82) is 0 Å². The van der Waals surface area contributed by atoms with Crippen molar-refractivity contribution >= 4 is 18.0 Å². The molecule has 0 heterocycles. The predicted octanol–water partition coefficient (Wildman–Crippen LogP) is 1.13. The highest BCUT2D eigenvalue weighted by atomic mass is 32.2. The highest BCUT2D eigenvalue weighted by molar-refractivity contribution is 7.95. The average Bonchev–Trinajstić information content (AvgIpc) is 2.03. The first kappa shape index (κ1) is 10.5. The second-order valence-electron chi connectivity index (χ2n) is 1.90. The maximum Gasteiger partial charge on any atom is 0.346 e. The average molecular weight is 176 g/mol. The topological polar surface area (TPSA) is 46.5 Å². The normalized spacial score (nSPS) is 12.2. The lowest BCUT2D eigenvalue weighted by Gasteiger charge is -2.04. The summed E-state index contributed by atoms with van der Waals surface area (Å²) in [6.07, 6.45) is 1.01. The van der Waals surface area contributed by atoms with Crippen LogP contribution >= 0.6 is 12.0 Å². The van der Waals surface area contributed by atoms with Gasteiger partial charge in [0.1, 0.15) is 0 Å². The minimum absolute atomic E-state index is 0.382. The molecule has 0 aliphatic heterocycles. The zero-order chi connectivity index (χ0) is 8.69. The quantitative estimate of drug-likeness (QED) is 0.387. The summed E-state index contributed by atoms with van der Waals surface area (Å²) < 4.78 is 4.59. The first-order valence-corrected chi connectivity index (χ1v) is 4.25. The van der Waals surface area contributed by atoms with Gasteiger partial charge in [-0.15, -0.1) is 6.58 Å². The van der Waals surface area contributed by atoms with Crippen molar-refractivity contribution in [2.45, 2.75) is 19.4 Å². The van der Waals surface area contributed by atoms with E-state index in [0.717, 1.165) is 12.0 Å². The third-order valence-corrected chi connectivity index (χ3v) is 1.64. The van der Waals surface area contributed by atoms with Crippen molar-refractivity contribution in [3.05, 3.63) is 12.7 Å². The second kappa shape index (κ2) is 6.24. The van der Waals surface area contributed by atoms with Crippen molar-refractivity contribution < 1.29 is 14.1 Å². The van der Waals surface area contributed by atoms with Gasteiger partial charge in [-0.2, -0.15) is 0 Å². The lowest BCUT2D eigenvalue weighted by atomic mass is 10.3. The van der Waals surface area contributed by atoms with Crippen LogP contribution in [-0.2, 0) is 8.98 Å². The Bertz CT molecular complexity index is 136. The summed E-state index contributed by atoms with van der Waals surface area (Å²) in [7, 11) is 0. The van der Waals surface area contributed by atoms with Crippen LogP contribution in [0.15, 0.2) is 12.7 Å². The highest BCUT2D eigenvalue weighted by Crippen LogP contribution is 2.05. The number of carbonyl (C=O) groups is 1. The molecule has 0 rings (SSSR count). The molecular weight excluding hydrogens is 164 g/mol. The van der Waals surface area contributed by atoms with Crippen molar-refractivity contribution in [3.63, 3.8) is 0 Å². The van der Waals surface area contributed by atoms with Crippen LogP contribution in [0.1, 0.15) is 13.3 Å². The van der Waals surface area contributed by atoms with Gasteiger partial charge in [0.25, 0.3) is 0 Å². The number of aliphatic hydroxyl groups excluding tert-OH is 1. The van der Waals surface area contributed by atoms with Crippen molar-refractivity contribution in [2.75, 3.05) is 5.75 Å². The molecule has 64 valence electrons. The molecule has 0 aliphatic rings. The summed E-state index contributed by atoms with van der Waals surface area (Å²) in [4.78, 5) is 10.7. The minimum atomic E-state index is -0.993. The Balaban J connectivity index is 3.43. The van der Waals surface area contributed by atoms with E-state index in [-0.39, 0.29) is 0 Å². The van der Waals surface area contributed by atoms with Gasteiger partial charge in [-0.3, -0.25) is 0 Å². The van der Waals surface area contributed by atoms with Crippen LogP contribution in [0.25, 0.3) is 0 Å². The second-order valence-corrected chi connectivity index (χ2v) is 2.64. The lowest BCUT2D eigenvalue weighted by Crippen LogP contribution is -2.19. The first-order chi connectivity index (χ1) is 5.22. The molecule has 1 N–H and O–H groups in total. The Morgan fingerprint density at radius 1 is 1.91 bits per heavy atom. The molecule has 0 aliphatic carbocycles. The van der Waals surface area contributed by atoms with E-state index in [0.29, 0.717) is 12.2 Å². The van der Waals surface area contributed by atoms with E-state index in [2.05, 4.69) is 10.8 Å². The fraction of sp³-hybridized carbons (Fsp3) is 0.571. The van der Waals surface area contributed by atoms with Crippen LogP contribution in [0.3, 0.4) is 0 Å². The molecule has 0 amide bonds. The zero-order valence-corrected chi connectivity index (χ0v) is 7.26. The first-order valence-electron chi connectivity index (χ1n) is 3.34. The molecule has 0 fully saturated rings. The van der Waals surface area contributed by atoms with Gasteiger partial charge in [0.15, 0.2) is 6.10 Å². The molecule has 0 aromatic heterocycles. The standard InChI is InChI=1S/C7H12O3S/c1-3-5-11-10-7(9)6(8)4-2/h3,6,8H,1,4-5H2,2H3. The van der Waals surface area contributed by atoms with Crippen molar-refractivity contribution in [1.82, 2.24) is 0 Å². The SMILES string of the molecule is C=CCSOC(=O)C(O)CC. The fourth-order valence-corrected chi connectivity index (χ4v) is 0.754. The van der Waals surface area contributed by atoms with Gasteiger partial charge in [0, 0.05) is 5.75 Å². The monoisotopic (exact) mass is 176 g/mol. The van der Waals surface area contributed by atoms with Crippen molar-refractivity contribution in [2.24, 2.45) is 0 Å². The molecule has 0 bridgehead atoms. The van der Waals surface area contributed by atoms with E-state index >= 15 is 0 Å². The fourth-order valence-electron chi connectivity index (χ4n) is 0.362. The van der Waals surface area contributed by atoms with E-state index in [1.54, 1.807) is 13.0 Å². The van der Waals surface area contributed by atoms with Gasteiger partial charge in [0.05, 0.1) is 12.0 Å². The Morgan fingerprint density at radius 2 is 2.55 bits per heavy atom. The Kier molecular flexibility index (Phi) is 5.97. The molecule has 1 unspecified atom stereocenters. The van der Waals surface area contributed by atoms with Gasteiger partial charge in [0.2, 0.25) is 0 Å². The summed E-state index contributed by atoms with van der Waals surface area (Å²) >= 11 is 0.977. The minimum Gasteiger partial charge on any atom is -0.389 e. The molecule has 11 heavy (non-hydrogen) atoms. The number of hydrogen-bond donors (Lipinski definition) is 1. The van der Waals surface area contributed by atoms with Gasteiger partial charge >= 0.3 is 5.97 Å². The van der Waals surface area contributed by atoms with Gasteiger partial charge < -0.3 is 9.29 Å². The molecule has 0 saturated carbocycles. The van der Waals surface area contributed by atoms with E-state index in [1.807, 2.05) is 0 Å². The van der Waals surface area contributed by atoms with Crippen LogP contribution in [0, 0.1) is 0 Å². The molecule has 0 saturated heterocycles. The molecule has 0 spiro atoms. The van der Waals surface area contributed by atoms with Crippen LogP contribution in [-0.4, -0.2) is 22.9 Å². The number of carbonyl (C=O) groups excluding carboxylic acids is 1. The molecule has 1 atom stereocenters. The number of aliphatic hydroxyl groups is 1. The molecule has 0 aromatic rings. The molecule has 0 aromatic carbocycles. The third-order valence-electron chi connectivity index (χ3n) is 0.986.